The molecule has 106 heavy (non-hydrogen) atoms. The topological polar surface area (TPSA) is 388 Å². The minimum Gasteiger partial charge on any atom is -0.507 e. The first-order chi connectivity index (χ1) is 51.1. The Kier molecular flexibility index (Phi) is 23.9. The van der Waals surface area contributed by atoms with Crippen LogP contribution in [0.3, 0.4) is 0 Å². The van der Waals surface area contributed by atoms with Gasteiger partial charge in [0, 0.05) is 119 Å². The van der Waals surface area contributed by atoms with E-state index in [0.717, 1.165) is 59.9 Å². The number of primary amides is 1. The lowest BCUT2D eigenvalue weighted by Crippen LogP contribution is -2.55. The van der Waals surface area contributed by atoms with Crippen molar-refractivity contribution in [2.45, 2.75) is 141 Å². The summed E-state index contributed by atoms with van der Waals surface area (Å²) in [5.41, 5.74) is 11.7. The van der Waals surface area contributed by atoms with Crippen molar-refractivity contribution in [1.29, 1.82) is 0 Å². The number of carboxylic acids is 1. The van der Waals surface area contributed by atoms with Gasteiger partial charge < -0.3 is 75.8 Å². The number of hydrogen-bond acceptors (Lipinski definition) is 23. The van der Waals surface area contributed by atoms with Crippen molar-refractivity contribution in [3.8, 4) is 39.2 Å². The molecular weight excluding hydrogens is 1380 g/mol. The molecule has 3 aromatic carbocycles. The number of carbonyl (C=O) groups is 7. The molecule has 0 spiro atoms. The zero-order valence-electron chi connectivity index (χ0n) is 60.0. The molecule has 7 amide bonds. The highest BCUT2D eigenvalue weighted by molar-refractivity contribution is 7.13. The number of rotatable bonds is 30. The molecule has 562 valence electrons. The lowest BCUT2D eigenvalue weighted by molar-refractivity contribution is -0.162. The fraction of sp³-hybridized carbons (Fsp3) is 0.467. The number of urea groups is 1. The molecular formula is C75H92N16O14S. The number of pyridine rings is 1. The summed E-state index contributed by atoms with van der Waals surface area (Å²) in [6.07, 6.45) is 3.27. The molecule has 10 N–H and O–H groups in total. The molecule has 2 unspecified atom stereocenters. The monoisotopic (exact) mass is 1470 g/mol. The van der Waals surface area contributed by atoms with Crippen molar-refractivity contribution in [2.24, 2.45) is 17.1 Å². The summed E-state index contributed by atoms with van der Waals surface area (Å²) in [6, 6.07) is 26.0. The van der Waals surface area contributed by atoms with Crippen LogP contribution in [0.2, 0.25) is 0 Å². The van der Waals surface area contributed by atoms with E-state index in [1.165, 1.54) is 4.90 Å². The number of ether oxygens (including phenoxy) is 3. The zero-order valence-corrected chi connectivity index (χ0v) is 60.8. The number of amides is 7. The van der Waals surface area contributed by atoms with Crippen LogP contribution in [0.4, 0.5) is 32.5 Å². The first-order valence-electron chi connectivity index (χ1n) is 36.1. The van der Waals surface area contributed by atoms with E-state index in [9.17, 15) is 48.9 Å². The van der Waals surface area contributed by atoms with Gasteiger partial charge in [-0.15, -0.1) is 21.5 Å². The van der Waals surface area contributed by atoms with E-state index in [0.29, 0.717) is 85.6 Å². The zero-order chi connectivity index (χ0) is 74.8. The molecule has 5 aliphatic rings. The predicted molar refractivity (Wildman–Crippen MR) is 394 cm³/mol. The van der Waals surface area contributed by atoms with Gasteiger partial charge in [0.2, 0.25) is 29.5 Å². The fourth-order valence-corrected chi connectivity index (χ4v) is 15.6. The fourth-order valence-electron chi connectivity index (χ4n) is 14.8. The molecule has 4 aromatic heterocycles. The molecule has 30 nitrogen and oxygen atoms in total. The number of aromatic nitrogens is 5. The maximum absolute atomic E-state index is 14.4. The third-order valence-corrected chi connectivity index (χ3v) is 21.7. The number of aliphatic carboxylic acids is 1. The van der Waals surface area contributed by atoms with E-state index >= 15 is 0 Å². The van der Waals surface area contributed by atoms with Gasteiger partial charge in [0.15, 0.2) is 11.6 Å². The van der Waals surface area contributed by atoms with Gasteiger partial charge in [-0.05, 0) is 123 Å². The van der Waals surface area contributed by atoms with Crippen molar-refractivity contribution in [1.82, 2.24) is 56.0 Å². The van der Waals surface area contributed by atoms with Gasteiger partial charge in [0.05, 0.1) is 39.6 Å². The second-order valence-corrected chi connectivity index (χ2v) is 29.2. The highest BCUT2D eigenvalue weighted by Gasteiger charge is 2.52. The Balaban J connectivity index is 0.597. The lowest BCUT2D eigenvalue weighted by Gasteiger charge is -2.43. The summed E-state index contributed by atoms with van der Waals surface area (Å²) in [5.74, 6) is -2.95. The first-order valence-corrected chi connectivity index (χ1v) is 37.0. The van der Waals surface area contributed by atoms with Crippen LogP contribution >= 0.6 is 11.3 Å². The third-order valence-electron chi connectivity index (χ3n) is 20.8. The second-order valence-electron chi connectivity index (χ2n) is 28.3. The van der Waals surface area contributed by atoms with E-state index in [2.05, 4.69) is 78.4 Å². The number of thiazole rings is 1. The third kappa shape index (κ3) is 17.7. The average Bonchev–Trinajstić information content (AvgIpc) is 1.44. The van der Waals surface area contributed by atoms with Crippen molar-refractivity contribution in [3.63, 3.8) is 0 Å². The number of β-amino-alcohol motifs (C(OH)–C–C–N with tert-alkyl or cyclic N) is 1. The van der Waals surface area contributed by atoms with Crippen LogP contribution in [0.15, 0.2) is 113 Å². The quantitative estimate of drug-likeness (QED) is 0.0156. The van der Waals surface area contributed by atoms with Gasteiger partial charge in [0.25, 0.3) is 5.88 Å². The Morgan fingerprint density at radius 1 is 0.830 bits per heavy atom. The number of aryl methyl sites for hydroxylation is 1. The number of anilines is 4. The van der Waals surface area contributed by atoms with E-state index in [1.807, 2.05) is 75.7 Å². The van der Waals surface area contributed by atoms with Crippen LogP contribution in [0, 0.1) is 18.3 Å². The summed E-state index contributed by atoms with van der Waals surface area (Å²) in [4.78, 5) is 113. The highest BCUT2D eigenvalue weighted by Crippen LogP contribution is 2.43. The van der Waals surface area contributed by atoms with Gasteiger partial charge in [-0.3, -0.25) is 39.1 Å². The summed E-state index contributed by atoms with van der Waals surface area (Å²) < 4.78 is 23.9. The molecule has 8 heterocycles. The number of aliphatic hydroxyl groups is 1. The number of para-hydroxylation sites is 1. The molecule has 1 saturated carbocycles. The van der Waals surface area contributed by atoms with Crippen molar-refractivity contribution in [2.75, 3.05) is 92.5 Å². The predicted octanol–water partition coefficient (Wildman–Crippen LogP) is 7.44. The minimum atomic E-state index is -1.60. The summed E-state index contributed by atoms with van der Waals surface area (Å²) >= 11 is 1.58. The van der Waals surface area contributed by atoms with Crippen LogP contribution in [0.5, 0.6) is 17.5 Å². The van der Waals surface area contributed by atoms with Crippen LogP contribution in [0.1, 0.15) is 114 Å². The Hall–Kier alpha value is -10.5. The molecule has 8 atom stereocenters. The first kappa shape index (κ1) is 75.2. The van der Waals surface area contributed by atoms with Gasteiger partial charge in [-0.2, -0.15) is 0 Å². The molecule has 4 saturated heterocycles. The molecule has 31 heteroatoms. The van der Waals surface area contributed by atoms with Gasteiger partial charge in [0.1, 0.15) is 49.0 Å². The lowest BCUT2D eigenvalue weighted by atomic mass is 9.68. The Labute approximate surface area is 617 Å². The van der Waals surface area contributed by atoms with E-state index in [4.69, 9.17) is 24.5 Å². The maximum atomic E-state index is 14.4. The molecule has 2 bridgehead atoms. The van der Waals surface area contributed by atoms with Gasteiger partial charge in [-0.25, -0.2) is 19.6 Å². The number of piperazine rings is 2. The number of benzene rings is 3. The highest BCUT2D eigenvalue weighted by atomic mass is 32.1. The molecule has 0 radical (unpaired) electrons. The number of carboxylic acid groups (broad SMARTS) is 1. The molecule has 5 fully saturated rings. The number of phenols is 1. The summed E-state index contributed by atoms with van der Waals surface area (Å²) in [6.45, 7) is 15.6. The number of hydrogen-bond donors (Lipinski definition) is 9. The number of nitrogens with zero attached hydrogens (tertiary/aromatic N) is 10. The number of nitrogens with two attached hydrogens (primary N) is 1. The SMILES string of the molecule is Cc1ncsc1-c1ccc([C@H](C)NC(=O)[C@@H]2C[C@@H](O)CN2C(=O)[C@@H](c2cc(OCCN3CCN(CCOc4cc(N5C6CCC5CN(c5cc(-c7ccccc7O)nnc5NC(=O)OCc5ccc(NC(=O)[C@H](CCCNC(N)=O)NC(=O)C7(C(=O)O)CCC7)cc5)C6)ccn4)[C@H](C)C3)no2)C(C)C)cc1. The molecule has 4 aliphatic heterocycles. The van der Waals surface area contributed by atoms with E-state index in [1.54, 1.807) is 72.1 Å². The van der Waals surface area contributed by atoms with E-state index in [-0.39, 0.29) is 111 Å². The maximum Gasteiger partial charge on any atom is 0.413 e. The van der Waals surface area contributed by atoms with Crippen LogP contribution < -0.4 is 51.6 Å². The smallest absolute Gasteiger partial charge is 0.413 e. The van der Waals surface area contributed by atoms with Crippen LogP contribution in [-0.4, -0.2) is 205 Å². The van der Waals surface area contributed by atoms with Crippen molar-refractivity contribution < 1.29 is 67.6 Å². The molecule has 12 rings (SSSR count). The number of aromatic hydroxyl groups is 1. The van der Waals surface area contributed by atoms with Crippen molar-refractivity contribution in [3.05, 3.63) is 131 Å². The summed E-state index contributed by atoms with van der Waals surface area (Å²) in [7, 11) is 0. The number of nitrogens with one attached hydrogen (secondary N) is 5. The minimum absolute atomic E-state index is 0.0197. The number of aliphatic hydroxyl groups excluding tert-OH is 1. The summed E-state index contributed by atoms with van der Waals surface area (Å²) in [5, 5.41) is 58.3. The standard InChI is InChI=1S/C75H92N16O14S/c1-44(2)65(70(96)90-41-55(92)35-60(90)69(95)80-46(4)49-15-17-50(18-16-49)66-47(5)79-43-106-66)62-37-64(86-105-62)103-32-30-87-28-29-88(45(3)38-87)31-33-102-63-34-52(23-27-77-63)91-53-21-22-54(91)40-89(39-53)59-36-58(56-10-6-7-12-61(56)93)84-85-67(59)83-74(101)104-42-48-13-19-51(20-14-48)81-68(94)57(11-8-26-78-73(76)100)82-71(97)75(72(98)99)24-9-25-75/h6-7,10,12-20,23,27,34,36-37,43-46,53-55,57,60,65,92-93H,8-9,11,21-22,24-26,28-33,35,38-42H2,1-5H3,(H,80,95)(H,81,94)(H,82,97)(H,98,99)(H3,76,78,100)(H,83,85,101)/t45-,46+,53?,54?,55-,57+,60+,65-/m1/s1. The molecule has 1 aliphatic carbocycles. The van der Waals surface area contributed by atoms with E-state index < -0.39 is 59.4 Å². The Bertz CT molecular complexity index is 4260. The Morgan fingerprint density at radius 2 is 1.58 bits per heavy atom. The van der Waals surface area contributed by atoms with Crippen molar-refractivity contribution >= 4 is 75.9 Å². The number of fused-ring (bicyclic) bond motifs is 2. The van der Waals surface area contributed by atoms with Gasteiger partial charge >= 0.3 is 18.1 Å². The number of phenolic OH excluding ortho intramolecular Hbond substituents is 1. The number of likely N-dealkylation sites (tertiary alicyclic amines) is 1. The Morgan fingerprint density at radius 3 is 2.26 bits per heavy atom. The van der Waals surface area contributed by atoms with Crippen LogP contribution in [-0.2, 0) is 35.3 Å². The number of carbonyl (C=O) groups excluding carboxylic acids is 6. The molecule has 7 aromatic rings. The average molecular weight is 1470 g/mol. The second kappa shape index (κ2) is 33.7. The van der Waals surface area contributed by atoms with Crippen LogP contribution in [0.25, 0.3) is 21.7 Å². The largest absolute Gasteiger partial charge is 0.507 e. The van der Waals surface area contributed by atoms with Gasteiger partial charge in [-0.1, -0.05) is 68.8 Å². The normalized spacial score (nSPS) is 20.0.